The van der Waals surface area contributed by atoms with Crippen LogP contribution in [0.2, 0.25) is 0 Å². The molecule has 1 unspecified atom stereocenters. The SMILES string of the molecule is COc1ccc(N2CCN(C(=S)Nc3cc(OC)ccc3OC)CC2C)cc1. The molecule has 7 heteroatoms. The molecule has 2 aromatic rings. The van der Waals surface area contributed by atoms with Crippen LogP contribution in [0, 0.1) is 0 Å². The number of ether oxygens (including phenoxy) is 3. The van der Waals surface area contributed by atoms with Crippen LogP contribution in [-0.4, -0.2) is 57.0 Å². The van der Waals surface area contributed by atoms with Crippen LogP contribution in [0.4, 0.5) is 11.4 Å². The molecule has 1 aliphatic heterocycles. The standard InChI is InChI=1S/C21H27N3O3S/c1-15-14-23(11-12-24(15)16-5-7-17(25-2)8-6-16)21(28)22-19-13-18(26-3)9-10-20(19)27-4/h5-10,13,15H,11-12,14H2,1-4H3,(H,22,28). The Labute approximate surface area is 172 Å². The van der Waals surface area contributed by atoms with Gasteiger partial charge in [-0.3, -0.25) is 0 Å². The minimum Gasteiger partial charge on any atom is -0.497 e. The fraction of sp³-hybridized carbons (Fsp3) is 0.381. The lowest BCUT2D eigenvalue weighted by Crippen LogP contribution is -2.54. The minimum absolute atomic E-state index is 0.328. The van der Waals surface area contributed by atoms with E-state index in [2.05, 4.69) is 34.2 Å². The highest BCUT2D eigenvalue weighted by Gasteiger charge is 2.25. The summed E-state index contributed by atoms with van der Waals surface area (Å²) in [6.07, 6.45) is 0. The molecule has 1 saturated heterocycles. The first-order chi connectivity index (χ1) is 13.5. The van der Waals surface area contributed by atoms with Gasteiger partial charge in [0.1, 0.15) is 17.2 Å². The average molecular weight is 402 g/mol. The predicted molar refractivity (Wildman–Crippen MR) is 117 cm³/mol. The lowest BCUT2D eigenvalue weighted by Gasteiger charge is -2.42. The zero-order valence-electron chi connectivity index (χ0n) is 16.8. The topological polar surface area (TPSA) is 46.2 Å². The highest BCUT2D eigenvalue weighted by molar-refractivity contribution is 7.80. The van der Waals surface area contributed by atoms with E-state index < -0.39 is 0 Å². The van der Waals surface area contributed by atoms with Crippen LogP contribution in [0.3, 0.4) is 0 Å². The van der Waals surface area contributed by atoms with E-state index in [1.807, 2.05) is 30.3 Å². The van der Waals surface area contributed by atoms with E-state index in [-0.39, 0.29) is 0 Å². The number of thiocarbonyl (C=S) groups is 1. The zero-order valence-corrected chi connectivity index (χ0v) is 17.6. The van der Waals surface area contributed by atoms with Crippen LogP contribution in [0.25, 0.3) is 0 Å². The van der Waals surface area contributed by atoms with Crippen molar-refractivity contribution < 1.29 is 14.2 Å². The van der Waals surface area contributed by atoms with Crippen LogP contribution in [-0.2, 0) is 0 Å². The molecule has 0 bridgehead atoms. The molecule has 0 radical (unpaired) electrons. The van der Waals surface area contributed by atoms with Crippen molar-refractivity contribution in [1.29, 1.82) is 0 Å². The molecule has 1 N–H and O–H groups in total. The lowest BCUT2D eigenvalue weighted by atomic mass is 10.1. The van der Waals surface area contributed by atoms with Crippen molar-refractivity contribution in [2.24, 2.45) is 0 Å². The van der Waals surface area contributed by atoms with Crippen LogP contribution < -0.4 is 24.4 Å². The Morgan fingerprint density at radius 1 is 0.964 bits per heavy atom. The van der Waals surface area contributed by atoms with Gasteiger partial charge in [0.2, 0.25) is 0 Å². The number of hydrogen-bond acceptors (Lipinski definition) is 5. The number of piperazine rings is 1. The number of anilines is 2. The van der Waals surface area contributed by atoms with Crippen molar-refractivity contribution >= 4 is 28.7 Å². The molecule has 28 heavy (non-hydrogen) atoms. The lowest BCUT2D eigenvalue weighted by molar-refractivity contribution is 0.341. The van der Waals surface area contributed by atoms with Crippen molar-refractivity contribution in [3.8, 4) is 17.2 Å². The molecule has 1 atom stereocenters. The van der Waals surface area contributed by atoms with Gasteiger partial charge in [0.05, 0.1) is 27.0 Å². The molecule has 0 aromatic heterocycles. The average Bonchev–Trinajstić information content (AvgIpc) is 2.73. The second-order valence-electron chi connectivity index (χ2n) is 6.68. The summed E-state index contributed by atoms with van der Waals surface area (Å²) in [6.45, 7) is 4.79. The second-order valence-corrected chi connectivity index (χ2v) is 7.07. The van der Waals surface area contributed by atoms with Gasteiger partial charge in [-0.05, 0) is 55.5 Å². The summed E-state index contributed by atoms with van der Waals surface area (Å²) < 4.78 is 16.0. The van der Waals surface area contributed by atoms with Gasteiger partial charge >= 0.3 is 0 Å². The first-order valence-electron chi connectivity index (χ1n) is 9.24. The van der Waals surface area contributed by atoms with Gasteiger partial charge in [-0.1, -0.05) is 0 Å². The van der Waals surface area contributed by atoms with Gasteiger partial charge < -0.3 is 29.3 Å². The Hall–Kier alpha value is -2.67. The summed E-state index contributed by atoms with van der Waals surface area (Å²) >= 11 is 5.67. The Bertz CT molecular complexity index is 813. The zero-order chi connectivity index (χ0) is 20.1. The van der Waals surface area contributed by atoms with Crippen molar-refractivity contribution in [1.82, 2.24) is 4.90 Å². The molecule has 0 saturated carbocycles. The fourth-order valence-electron chi connectivity index (χ4n) is 3.41. The molecule has 0 aliphatic carbocycles. The maximum Gasteiger partial charge on any atom is 0.173 e. The molecular weight excluding hydrogens is 374 g/mol. The summed E-state index contributed by atoms with van der Waals surface area (Å²) in [5, 5.41) is 4.00. The molecule has 2 aromatic carbocycles. The summed E-state index contributed by atoms with van der Waals surface area (Å²) in [5.74, 6) is 2.35. The normalized spacial score (nSPS) is 16.5. The van der Waals surface area contributed by atoms with Gasteiger partial charge in [-0.25, -0.2) is 0 Å². The van der Waals surface area contributed by atoms with Gasteiger partial charge in [-0.2, -0.15) is 0 Å². The van der Waals surface area contributed by atoms with Gasteiger partial charge in [-0.15, -0.1) is 0 Å². The summed E-state index contributed by atoms with van der Waals surface area (Å²) in [6, 6.07) is 14.1. The molecule has 150 valence electrons. The number of rotatable bonds is 5. The minimum atomic E-state index is 0.328. The number of hydrogen-bond donors (Lipinski definition) is 1. The number of benzene rings is 2. The van der Waals surface area contributed by atoms with Crippen LogP contribution in [0.15, 0.2) is 42.5 Å². The molecular formula is C21H27N3O3S. The molecule has 1 fully saturated rings. The van der Waals surface area contributed by atoms with E-state index in [4.69, 9.17) is 26.4 Å². The first kappa shape index (κ1) is 20.1. The van der Waals surface area contributed by atoms with E-state index >= 15 is 0 Å². The Morgan fingerprint density at radius 2 is 1.64 bits per heavy atom. The maximum absolute atomic E-state index is 5.67. The van der Waals surface area contributed by atoms with Crippen LogP contribution in [0.1, 0.15) is 6.92 Å². The molecule has 1 heterocycles. The van der Waals surface area contributed by atoms with Crippen molar-refractivity contribution in [3.05, 3.63) is 42.5 Å². The largest absolute Gasteiger partial charge is 0.497 e. The maximum atomic E-state index is 5.67. The van der Waals surface area contributed by atoms with Crippen molar-refractivity contribution in [2.75, 3.05) is 51.2 Å². The summed E-state index contributed by atoms with van der Waals surface area (Å²) in [7, 11) is 4.97. The monoisotopic (exact) mass is 401 g/mol. The highest BCUT2D eigenvalue weighted by Crippen LogP contribution is 2.30. The van der Waals surface area contributed by atoms with Gasteiger partial charge in [0, 0.05) is 37.4 Å². The Kier molecular flexibility index (Phi) is 6.46. The highest BCUT2D eigenvalue weighted by atomic mass is 32.1. The molecule has 0 amide bonds. The van der Waals surface area contributed by atoms with Crippen molar-refractivity contribution in [3.63, 3.8) is 0 Å². The molecule has 6 nitrogen and oxygen atoms in total. The molecule has 0 spiro atoms. The van der Waals surface area contributed by atoms with E-state index in [0.717, 1.165) is 42.6 Å². The number of methoxy groups -OCH3 is 3. The predicted octanol–water partition coefficient (Wildman–Crippen LogP) is 3.62. The molecule has 1 aliphatic rings. The summed E-state index contributed by atoms with van der Waals surface area (Å²) in [5.41, 5.74) is 2.00. The Morgan fingerprint density at radius 3 is 2.25 bits per heavy atom. The second kappa shape index (κ2) is 9.01. The Balaban J connectivity index is 1.65. The third-order valence-corrected chi connectivity index (χ3v) is 5.33. The third-order valence-electron chi connectivity index (χ3n) is 4.97. The third kappa shape index (κ3) is 4.42. The van der Waals surface area contributed by atoms with E-state index in [1.165, 1.54) is 5.69 Å². The first-order valence-corrected chi connectivity index (χ1v) is 9.65. The van der Waals surface area contributed by atoms with Crippen LogP contribution >= 0.6 is 12.2 Å². The van der Waals surface area contributed by atoms with Crippen molar-refractivity contribution in [2.45, 2.75) is 13.0 Å². The van der Waals surface area contributed by atoms with Gasteiger partial charge in [0.25, 0.3) is 0 Å². The fourth-order valence-corrected chi connectivity index (χ4v) is 3.68. The summed E-state index contributed by atoms with van der Waals surface area (Å²) in [4.78, 5) is 4.59. The number of nitrogens with zero attached hydrogens (tertiary/aromatic N) is 2. The van der Waals surface area contributed by atoms with E-state index in [9.17, 15) is 0 Å². The smallest absolute Gasteiger partial charge is 0.173 e. The van der Waals surface area contributed by atoms with E-state index in [0.29, 0.717) is 11.2 Å². The number of nitrogens with one attached hydrogen (secondary N) is 1. The van der Waals surface area contributed by atoms with E-state index in [1.54, 1.807) is 21.3 Å². The van der Waals surface area contributed by atoms with Gasteiger partial charge in [0.15, 0.2) is 5.11 Å². The molecule has 3 rings (SSSR count). The quantitative estimate of drug-likeness (QED) is 0.768. The van der Waals surface area contributed by atoms with Crippen LogP contribution in [0.5, 0.6) is 17.2 Å².